The molecule has 0 fully saturated rings. The Bertz CT molecular complexity index is 347. The zero-order valence-electron chi connectivity index (χ0n) is 11.4. The molecule has 0 aliphatic rings. The molecule has 0 aliphatic heterocycles. The molecule has 3 N–H and O–H groups in total. The molecule has 0 heterocycles. The van der Waals surface area contributed by atoms with Crippen molar-refractivity contribution in [1.82, 2.24) is 5.43 Å². The Morgan fingerprint density at radius 1 is 1.17 bits per heavy atom. The van der Waals surface area contributed by atoms with Gasteiger partial charge in [0.2, 0.25) is 0 Å². The lowest BCUT2D eigenvalue weighted by molar-refractivity contribution is 0.0601. The molecule has 102 valence electrons. The van der Waals surface area contributed by atoms with E-state index in [2.05, 4.69) is 5.43 Å². The second-order valence-corrected chi connectivity index (χ2v) is 4.18. The van der Waals surface area contributed by atoms with Gasteiger partial charge in [-0.15, -0.1) is 0 Å². The molecule has 0 amide bonds. The molecule has 0 bridgehead atoms. The van der Waals surface area contributed by atoms with Crippen molar-refractivity contribution in [3.8, 4) is 11.5 Å². The predicted octanol–water partition coefficient (Wildman–Crippen LogP) is 1.63. The zero-order valence-corrected chi connectivity index (χ0v) is 11.4. The third-order valence-electron chi connectivity index (χ3n) is 2.61. The van der Waals surface area contributed by atoms with Gasteiger partial charge >= 0.3 is 0 Å². The average Bonchev–Trinajstić information content (AvgIpc) is 2.39. The van der Waals surface area contributed by atoms with E-state index >= 15 is 0 Å². The van der Waals surface area contributed by atoms with E-state index in [9.17, 15) is 0 Å². The first-order valence-corrected chi connectivity index (χ1v) is 5.92. The van der Waals surface area contributed by atoms with E-state index in [4.69, 9.17) is 20.1 Å². The third-order valence-corrected chi connectivity index (χ3v) is 2.61. The summed E-state index contributed by atoms with van der Waals surface area (Å²) in [7, 11) is 3.24. The van der Waals surface area contributed by atoms with Crippen LogP contribution >= 0.6 is 0 Å². The van der Waals surface area contributed by atoms with Crippen molar-refractivity contribution in [2.75, 3.05) is 20.8 Å². The van der Waals surface area contributed by atoms with Crippen molar-refractivity contribution in [2.45, 2.75) is 26.0 Å². The number of ether oxygens (including phenoxy) is 3. The minimum atomic E-state index is -0.182. The molecule has 5 heteroatoms. The fourth-order valence-corrected chi connectivity index (χ4v) is 1.73. The molecule has 0 saturated carbocycles. The van der Waals surface area contributed by atoms with E-state index in [0.29, 0.717) is 6.61 Å². The van der Waals surface area contributed by atoms with Crippen LogP contribution in [0.15, 0.2) is 18.2 Å². The van der Waals surface area contributed by atoms with Gasteiger partial charge in [-0.1, -0.05) is 6.07 Å². The Kier molecular flexibility index (Phi) is 5.91. The van der Waals surface area contributed by atoms with Crippen molar-refractivity contribution in [2.24, 2.45) is 5.84 Å². The van der Waals surface area contributed by atoms with Crippen LogP contribution in [0.25, 0.3) is 0 Å². The fourth-order valence-electron chi connectivity index (χ4n) is 1.73. The van der Waals surface area contributed by atoms with Crippen molar-refractivity contribution in [1.29, 1.82) is 0 Å². The average molecular weight is 254 g/mol. The molecule has 1 aromatic rings. The molecular formula is C13H22N2O3. The normalized spacial score (nSPS) is 12.6. The summed E-state index contributed by atoms with van der Waals surface area (Å²) in [5.74, 6) is 7.05. The van der Waals surface area contributed by atoms with Gasteiger partial charge in [0.05, 0.1) is 38.5 Å². The number of nitrogens with two attached hydrogens (primary N) is 1. The van der Waals surface area contributed by atoms with Crippen LogP contribution in [0.3, 0.4) is 0 Å². The van der Waals surface area contributed by atoms with Crippen LogP contribution in [0.1, 0.15) is 25.5 Å². The molecule has 0 radical (unpaired) electrons. The van der Waals surface area contributed by atoms with E-state index in [1.807, 2.05) is 32.0 Å². The Balaban J connectivity index is 3.02. The smallest absolute Gasteiger partial charge is 0.127 e. The molecule has 1 unspecified atom stereocenters. The number of nitrogens with one attached hydrogen (secondary N) is 1. The highest BCUT2D eigenvalue weighted by Gasteiger charge is 2.20. The monoisotopic (exact) mass is 254 g/mol. The molecule has 5 nitrogen and oxygen atoms in total. The van der Waals surface area contributed by atoms with Gasteiger partial charge in [0.15, 0.2) is 0 Å². The third kappa shape index (κ3) is 3.60. The highest BCUT2D eigenvalue weighted by Crippen LogP contribution is 2.33. The number of hydrogen-bond donors (Lipinski definition) is 2. The quantitative estimate of drug-likeness (QED) is 0.572. The van der Waals surface area contributed by atoms with Gasteiger partial charge < -0.3 is 14.2 Å². The molecule has 1 rings (SSSR count). The molecule has 0 saturated heterocycles. The molecule has 0 aliphatic carbocycles. The van der Waals surface area contributed by atoms with Crippen LogP contribution < -0.4 is 20.7 Å². The van der Waals surface area contributed by atoms with Gasteiger partial charge in [0.1, 0.15) is 11.5 Å². The summed E-state index contributed by atoms with van der Waals surface area (Å²) in [4.78, 5) is 0. The molecule has 1 aromatic carbocycles. The summed E-state index contributed by atoms with van der Waals surface area (Å²) >= 11 is 0. The lowest BCUT2D eigenvalue weighted by Crippen LogP contribution is -2.32. The lowest BCUT2D eigenvalue weighted by Gasteiger charge is -2.22. The van der Waals surface area contributed by atoms with Crippen molar-refractivity contribution in [3.05, 3.63) is 23.8 Å². The number of rotatable bonds is 7. The number of hydrogen-bond acceptors (Lipinski definition) is 5. The van der Waals surface area contributed by atoms with Crippen molar-refractivity contribution in [3.63, 3.8) is 0 Å². The number of methoxy groups -OCH3 is 2. The first-order valence-electron chi connectivity index (χ1n) is 5.92. The second kappa shape index (κ2) is 7.20. The van der Waals surface area contributed by atoms with Gasteiger partial charge in [-0.25, -0.2) is 0 Å². The second-order valence-electron chi connectivity index (χ2n) is 4.18. The minimum Gasteiger partial charge on any atom is -0.496 e. The fraction of sp³-hybridized carbons (Fsp3) is 0.538. The van der Waals surface area contributed by atoms with Gasteiger partial charge in [0.25, 0.3) is 0 Å². The van der Waals surface area contributed by atoms with Crippen LogP contribution in [0.2, 0.25) is 0 Å². The summed E-state index contributed by atoms with van der Waals surface area (Å²) < 4.78 is 16.3. The maximum atomic E-state index is 5.60. The SMILES string of the molecule is COc1cccc(OC)c1C(COC(C)C)NN. The van der Waals surface area contributed by atoms with Crippen molar-refractivity contribution >= 4 is 0 Å². The van der Waals surface area contributed by atoms with Gasteiger partial charge in [0, 0.05) is 0 Å². The van der Waals surface area contributed by atoms with Crippen LogP contribution in [0, 0.1) is 0 Å². The van der Waals surface area contributed by atoms with Gasteiger partial charge in [-0.2, -0.15) is 0 Å². The van der Waals surface area contributed by atoms with E-state index in [1.165, 1.54) is 0 Å². The predicted molar refractivity (Wildman–Crippen MR) is 70.7 cm³/mol. The highest BCUT2D eigenvalue weighted by molar-refractivity contribution is 5.47. The summed E-state index contributed by atoms with van der Waals surface area (Å²) in [6.45, 7) is 4.41. The first-order chi connectivity index (χ1) is 8.63. The van der Waals surface area contributed by atoms with E-state index in [-0.39, 0.29) is 12.1 Å². The Labute approximate surface area is 108 Å². The van der Waals surface area contributed by atoms with Crippen LogP contribution in [-0.4, -0.2) is 26.9 Å². The van der Waals surface area contributed by atoms with Crippen LogP contribution in [0.5, 0.6) is 11.5 Å². The Morgan fingerprint density at radius 3 is 2.11 bits per heavy atom. The number of hydrazine groups is 1. The van der Waals surface area contributed by atoms with Crippen LogP contribution in [0.4, 0.5) is 0 Å². The van der Waals surface area contributed by atoms with Gasteiger partial charge in [-0.3, -0.25) is 11.3 Å². The van der Waals surface area contributed by atoms with E-state index < -0.39 is 0 Å². The number of benzene rings is 1. The first kappa shape index (κ1) is 14.8. The standard InChI is InChI=1S/C13H22N2O3/c1-9(2)18-8-10(15-14)13-11(16-3)6-5-7-12(13)17-4/h5-7,9-10,15H,8,14H2,1-4H3. The lowest BCUT2D eigenvalue weighted by atomic mass is 10.1. The summed E-state index contributed by atoms with van der Waals surface area (Å²) in [5, 5.41) is 0. The minimum absolute atomic E-state index is 0.140. The molecule has 0 spiro atoms. The Morgan fingerprint density at radius 2 is 1.72 bits per heavy atom. The largest absolute Gasteiger partial charge is 0.496 e. The maximum absolute atomic E-state index is 5.60. The highest BCUT2D eigenvalue weighted by atomic mass is 16.5. The zero-order chi connectivity index (χ0) is 13.5. The van der Waals surface area contributed by atoms with Crippen molar-refractivity contribution < 1.29 is 14.2 Å². The summed E-state index contributed by atoms with van der Waals surface area (Å²) in [6, 6.07) is 5.44. The Hall–Kier alpha value is -1.30. The van der Waals surface area contributed by atoms with E-state index in [1.54, 1.807) is 14.2 Å². The molecule has 1 atom stereocenters. The summed E-state index contributed by atoms with van der Waals surface area (Å²) in [6.07, 6.45) is 0.140. The molecule has 0 aromatic heterocycles. The van der Waals surface area contributed by atoms with Gasteiger partial charge in [-0.05, 0) is 26.0 Å². The molecular weight excluding hydrogens is 232 g/mol. The summed E-state index contributed by atoms with van der Waals surface area (Å²) in [5.41, 5.74) is 3.60. The topological polar surface area (TPSA) is 65.7 Å². The maximum Gasteiger partial charge on any atom is 0.127 e. The molecule has 18 heavy (non-hydrogen) atoms. The van der Waals surface area contributed by atoms with Crippen LogP contribution in [-0.2, 0) is 4.74 Å². The van der Waals surface area contributed by atoms with E-state index in [0.717, 1.165) is 17.1 Å².